The fraction of sp³-hybridized carbons (Fsp3) is 0.429. The molecule has 2 aromatic rings. The lowest BCUT2D eigenvalue weighted by atomic mass is 10.2. The fourth-order valence-electron chi connectivity index (χ4n) is 2.31. The van der Waals surface area contributed by atoms with E-state index in [0.29, 0.717) is 11.9 Å². The van der Waals surface area contributed by atoms with Gasteiger partial charge >= 0.3 is 0 Å². The van der Waals surface area contributed by atoms with Gasteiger partial charge in [-0.1, -0.05) is 0 Å². The highest BCUT2D eigenvalue weighted by atomic mass is 127. The van der Waals surface area contributed by atoms with Crippen LogP contribution in [0.1, 0.15) is 31.6 Å². The number of carbonyl (C=O) groups is 1. The summed E-state index contributed by atoms with van der Waals surface area (Å²) in [5.41, 5.74) is 1.85. The Morgan fingerprint density at radius 2 is 2.35 bits per heavy atom. The lowest BCUT2D eigenvalue weighted by Gasteiger charge is -2.16. The van der Waals surface area contributed by atoms with Crippen molar-refractivity contribution in [3.05, 3.63) is 27.6 Å². The summed E-state index contributed by atoms with van der Waals surface area (Å²) in [5.74, 6) is 1.07. The minimum absolute atomic E-state index is 0.0386. The predicted molar refractivity (Wildman–Crippen MR) is 87.9 cm³/mol. The third kappa shape index (κ3) is 2.65. The third-order valence-electron chi connectivity index (χ3n) is 3.53. The number of amides is 1. The van der Waals surface area contributed by atoms with E-state index in [0.717, 1.165) is 33.3 Å². The molecule has 106 valence electrons. The summed E-state index contributed by atoms with van der Waals surface area (Å²) in [4.78, 5) is 16.8. The molecule has 1 aliphatic rings. The van der Waals surface area contributed by atoms with Crippen LogP contribution < -0.4 is 5.32 Å². The van der Waals surface area contributed by atoms with Gasteiger partial charge in [-0.15, -0.1) is 11.6 Å². The van der Waals surface area contributed by atoms with E-state index in [1.165, 1.54) is 0 Å². The Hall–Kier alpha value is -0.820. The molecule has 0 radical (unpaired) electrons. The van der Waals surface area contributed by atoms with E-state index < -0.39 is 0 Å². The Balaban J connectivity index is 2.01. The quantitative estimate of drug-likeness (QED) is 0.629. The van der Waals surface area contributed by atoms with Crippen molar-refractivity contribution in [2.75, 3.05) is 0 Å². The van der Waals surface area contributed by atoms with Crippen molar-refractivity contribution in [3.8, 4) is 0 Å². The molecule has 0 spiro atoms. The van der Waals surface area contributed by atoms with Crippen LogP contribution in [0, 0.1) is 3.57 Å². The molecule has 1 aromatic carbocycles. The minimum Gasteiger partial charge on any atom is -0.352 e. The maximum atomic E-state index is 12.3. The highest BCUT2D eigenvalue weighted by Gasteiger charge is 2.28. The average molecular weight is 404 g/mol. The number of hydrogen-bond acceptors (Lipinski definition) is 2. The van der Waals surface area contributed by atoms with Crippen LogP contribution in [0.4, 0.5) is 0 Å². The third-order valence-corrected chi connectivity index (χ3v) is 4.44. The first-order valence-electron chi connectivity index (χ1n) is 6.63. The summed E-state index contributed by atoms with van der Waals surface area (Å²) in [6, 6.07) is 6.09. The van der Waals surface area contributed by atoms with Crippen molar-refractivity contribution in [2.24, 2.45) is 0 Å². The minimum atomic E-state index is -0.297. The number of nitrogens with zero attached hydrogens (tertiary/aromatic N) is 2. The number of nitrogens with one attached hydrogen (secondary N) is 1. The van der Waals surface area contributed by atoms with Crippen LogP contribution in [0.3, 0.4) is 0 Å². The molecule has 1 unspecified atom stereocenters. The second kappa shape index (κ2) is 5.52. The van der Waals surface area contributed by atoms with Gasteiger partial charge in [0.05, 0.1) is 16.9 Å². The molecule has 20 heavy (non-hydrogen) atoms. The number of alkyl halides is 1. The van der Waals surface area contributed by atoms with Crippen LogP contribution in [-0.2, 0) is 10.7 Å². The zero-order chi connectivity index (χ0) is 14.3. The van der Waals surface area contributed by atoms with Crippen LogP contribution in [0.5, 0.6) is 0 Å². The molecule has 1 amide bonds. The fourth-order valence-corrected chi connectivity index (χ4v) is 2.98. The number of imidazole rings is 1. The standard InChI is InChI=1S/C14H15ClIN3O/c1-8(14(20)17-10-3-4-10)19-12-5-2-9(16)6-11(12)18-13(19)7-15/h2,5-6,8,10H,3-4,7H2,1H3,(H,17,20). The van der Waals surface area contributed by atoms with Gasteiger partial charge in [-0.2, -0.15) is 0 Å². The molecule has 1 fully saturated rings. The van der Waals surface area contributed by atoms with Gasteiger partial charge in [-0.25, -0.2) is 4.98 Å². The molecule has 1 aliphatic carbocycles. The van der Waals surface area contributed by atoms with Gasteiger partial charge in [0.1, 0.15) is 11.9 Å². The highest BCUT2D eigenvalue weighted by Crippen LogP contribution is 2.25. The number of rotatable bonds is 4. The molecule has 1 heterocycles. The highest BCUT2D eigenvalue weighted by molar-refractivity contribution is 14.1. The Bertz CT molecular complexity index is 666. The van der Waals surface area contributed by atoms with Gasteiger partial charge in [0, 0.05) is 9.61 Å². The first-order chi connectivity index (χ1) is 9.60. The Morgan fingerprint density at radius 1 is 1.60 bits per heavy atom. The van der Waals surface area contributed by atoms with Crippen LogP contribution in [-0.4, -0.2) is 21.5 Å². The van der Waals surface area contributed by atoms with Crippen molar-refractivity contribution in [1.29, 1.82) is 0 Å². The lowest BCUT2D eigenvalue weighted by molar-refractivity contribution is -0.123. The van der Waals surface area contributed by atoms with E-state index in [1.807, 2.05) is 29.7 Å². The van der Waals surface area contributed by atoms with E-state index in [9.17, 15) is 4.79 Å². The molecular formula is C14H15ClIN3O. The van der Waals surface area contributed by atoms with Crippen LogP contribution in [0.2, 0.25) is 0 Å². The average Bonchev–Trinajstić information content (AvgIpc) is 3.16. The molecule has 1 N–H and O–H groups in total. The predicted octanol–water partition coefficient (Wildman–Crippen LogP) is 3.22. The van der Waals surface area contributed by atoms with E-state index >= 15 is 0 Å². The number of fused-ring (bicyclic) bond motifs is 1. The van der Waals surface area contributed by atoms with Crippen molar-refractivity contribution < 1.29 is 4.79 Å². The molecule has 6 heteroatoms. The normalized spacial score (nSPS) is 16.4. The first kappa shape index (κ1) is 14.1. The Labute approximate surface area is 136 Å². The Morgan fingerprint density at radius 3 is 3.00 bits per heavy atom. The SMILES string of the molecule is CC(C(=O)NC1CC1)n1c(CCl)nc2cc(I)ccc21. The molecule has 1 saturated carbocycles. The van der Waals surface area contributed by atoms with E-state index in [4.69, 9.17) is 11.6 Å². The molecular weight excluding hydrogens is 389 g/mol. The second-order valence-corrected chi connectivity index (χ2v) is 6.64. The van der Waals surface area contributed by atoms with Crippen molar-refractivity contribution in [3.63, 3.8) is 0 Å². The largest absolute Gasteiger partial charge is 0.352 e. The molecule has 4 nitrogen and oxygen atoms in total. The number of halogens is 2. The van der Waals surface area contributed by atoms with Gasteiger partial charge in [0.2, 0.25) is 5.91 Å². The van der Waals surface area contributed by atoms with Gasteiger partial charge in [0.15, 0.2) is 0 Å². The smallest absolute Gasteiger partial charge is 0.243 e. The van der Waals surface area contributed by atoms with Crippen molar-refractivity contribution >= 4 is 51.1 Å². The summed E-state index contributed by atoms with van der Waals surface area (Å²) >= 11 is 8.25. The number of hydrogen-bond donors (Lipinski definition) is 1. The lowest BCUT2D eigenvalue weighted by Crippen LogP contribution is -2.33. The summed E-state index contributed by atoms with van der Waals surface area (Å²) < 4.78 is 3.06. The maximum Gasteiger partial charge on any atom is 0.243 e. The van der Waals surface area contributed by atoms with Crippen LogP contribution >= 0.6 is 34.2 Å². The summed E-state index contributed by atoms with van der Waals surface area (Å²) in [6.07, 6.45) is 2.17. The number of benzene rings is 1. The second-order valence-electron chi connectivity index (χ2n) is 5.12. The molecule has 0 saturated heterocycles. The van der Waals surface area contributed by atoms with E-state index in [2.05, 4.69) is 32.9 Å². The monoisotopic (exact) mass is 403 g/mol. The molecule has 1 aromatic heterocycles. The van der Waals surface area contributed by atoms with Gasteiger partial charge in [-0.05, 0) is 60.6 Å². The van der Waals surface area contributed by atoms with E-state index in [-0.39, 0.29) is 11.9 Å². The zero-order valence-electron chi connectivity index (χ0n) is 11.1. The van der Waals surface area contributed by atoms with Crippen molar-refractivity contribution in [1.82, 2.24) is 14.9 Å². The number of aromatic nitrogens is 2. The molecule has 0 bridgehead atoms. The maximum absolute atomic E-state index is 12.3. The summed E-state index contributed by atoms with van der Waals surface area (Å²) in [7, 11) is 0. The van der Waals surface area contributed by atoms with Crippen molar-refractivity contribution in [2.45, 2.75) is 37.7 Å². The van der Waals surface area contributed by atoms with Gasteiger partial charge in [-0.3, -0.25) is 4.79 Å². The zero-order valence-corrected chi connectivity index (χ0v) is 14.0. The summed E-state index contributed by atoms with van der Waals surface area (Å²) in [5, 5.41) is 3.04. The topological polar surface area (TPSA) is 46.9 Å². The molecule has 3 rings (SSSR count). The number of carbonyl (C=O) groups excluding carboxylic acids is 1. The van der Waals surface area contributed by atoms with E-state index in [1.54, 1.807) is 0 Å². The van der Waals surface area contributed by atoms with Gasteiger partial charge < -0.3 is 9.88 Å². The van der Waals surface area contributed by atoms with Crippen LogP contribution in [0.25, 0.3) is 11.0 Å². The van der Waals surface area contributed by atoms with Gasteiger partial charge in [0.25, 0.3) is 0 Å². The summed E-state index contributed by atoms with van der Waals surface area (Å²) in [6.45, 7) is 1.90. The van der Waals surface area contributed by atoms with Crippen LogP contribution in [0.15, 0.2) is 18.2 Å². The Kier molecular flexibility index (Phi) is 3.90. The molecule has 1 atom stereocenters. The molecule has 0 aliphatic heterocycles. The first-order valence-corrected chi connectivity index (χ1v) is 8.24.